The van der Waals surface area contributed by atoms with Crippen molar-refractivity contribution < 1.29 is 4.39 Å². The minimum absolute atomic E-state index is 0.698. The van der Waals surface area contributed by atoms with Crippen molar-refractivity contribution in [3.05, 3.63) is 0 Å². The fraction of sp³-hybridized carbons (Fsp3) is 1.00. The third-order valence-corrected chi connectivity index (χ3v) is 1.59. The van der Waals surface area contributed by atoms with Crippen LogP contribution in [-0.4, -0.2) is 12.8 Å². The van der Waals surface area contributed by atoms with E-state index in [4.69, 9.17) is 0 Å². The lowest BCUT2D eigenvalue weighted by atomic mass is 9.90. The molecule has 1 nitrogen and oxygen atoms in total. The van der Waals surface area contributed by atoms with Gasteiger partial charge >= 0.3 is 0 Å². The second kappa shape index (κ2) is 1.44. The van der Waals surface area contributed by atoms with Gasteiger partial charge in [-0.2, -0.15) is 0 Å². The third-order valence-electron chi connectivity index (χ3n) is 1.59. The fourth-order valence-corrected chi connectivity index (χ4v) is 0.737. The third kappa shape index (κ3) is 0.752. The highest BCUT2D eigenvalue weighted by molar-refractivity contribution is 4.83. The highest BCUT2D eigenvalue weighted by atomic mass is 19.1. The zero-order valence-electron chi connectivity index (χ0n) is 4.50. The van der Waals surface area contributed by atoms with E-state index in [-0.39, 0.29) is 0 Å². The molecule has 1 aliphatic rings. The molecule has 1 aliphatic carbocycles. The van der Waals surface area contributed by atoms with Gasteiger partial charge < -0.3 is 0 Å². The average molecular weight is 103 g/mol. The Morgan fingerprint density at radius 1 is 1.57 bits per heavy atom. The Morgan fingerprint density at radius 2 is 2.14 bits per heavy atom. The molecule has 7 heavy (non-hydrogen) atoms. The summed E-state index contributed by atoms with van der Waals surface area (Å²) in [6.45, 7) is 0. The molecule has 1 saturated carbocycles. The molecule has 0 saturated heterocycles. The summed E-state index contributed by atoms with van der Waals surface area (Å²) in [7, 11) is 1.67. The van der Waals surface area contributed by atoms with Crippen LogP contribution >= 0.6 is 0 Å². The average Bonchev–Trinajstić information content (AvgIpc) is 1.61. The van der Waals surface area contributed by atoms with Gasteiger partial charge in [0, 0.05) is 0 Å². The van der Waals surface area contributed by atoms with Crippen LogP contribution in [0.4, 0.5) is 4.39 Å². The van der Waals surface area contributed by atoms with Gasteiger partial charge in [-0.3, -0.25) is 5.32 Å². The summed E-state index contributed by atoms with van der Waals surface area (Å²) in [6, 6.07) is 0. The second-order valence-electron chi connectivity index (χ2n) is 2.07. The topological polar surface area (TPSA) is 12.0 Å². The van der Waals surface area contributed by atoms with Crippen LogP contribution in [0.1, 0.15) is 19.3 Å². The van der Waals surface area contributed by atoms with Crippen LogP contribution in [0.5, 0.6) is 0 Å². The van der Waals surface area contributed by atoms with E-state index in [2.05, 4.69) is 5.32 Å². The van der Waals surface area contributed by atoms with Gasteiger partial charge in [-0.15, -0.1) is 0 Å². The number of hydrogen-bond acceptors (Lipinski definition) is 1. The Kier molecular flexibility index (Phi) is 1.04. The van der Waals surface area contributed by atoms with E-state index in [9.17, 15) is 4.39 Å². The van der Waals surface area contributed by atoms with E-state index in [1.54, 1.807) is 7.05 Å². The summed E-state index contributed by atoms with van der Waals surface area (Å²) in [5, 5.41) is 2.61. The van der Waals surface area contributed by atoms with Crippen molar-refractivity contribution in [3.63, 3.8) is 0 Å². The second-order valence-corrected chi connectivity index (χ2v) is 2.07. The van der Waals surface area contributed by atoms with Gasteiger partial charge in [-0.25, -0.2) is 4.39 Å². The van der Waals surface area contributed by atoms with Crippen LogP contribution in [0.15, 0.2) is 0 Å². The molecular formula is C5H10FN. The number of nitrogens with one attached hydrogen (secondary N) is 1. The van der Waals surface area contributed by atoms with Gasteiger partial charge in [0.1, 0.15) is 0 Å². The lowest BCUT2D eigenvalue weighted by Crippen LogP contribution is -2.44. The van der Waals surface area contributed by atoms with E-state index in [0.717, 1.165) is 6.42 Å². The lowest BCUT2D eigenvalue weighted by molar-refractivity contribution is 0.0341. The van der Waals surface area contributed by atoms with Gasteiger partial charge in [-0.1, -0.05) is 0 Å². The Balaban J connectivity index is 2.29. The summed E-state index contributed by atoms with van der Waals surface area (Å²) in [5.74, 6) is -0.986. The Bertz CT molecular complexity index is 63.0. The van der Waals surface area contributed by atoms with Gasteiger partial charge in [0.05, 0.1) is 0 Å². The monoisotopic (exact) mass is 103 g/mol. The van der Waals surface area contributed by atoms with Crippen LogP contribution < -0.4 is 5.32 Å². The van der Waals surface area contributed by atoms with E-state index in [0.29, 0.717) is 12.8 Å². The molecule has 0 aliphatic heterocycles. The predicted octanol–water partition coefficient (Wildman–Crippen LogP) is 1.06. The number of halogens is 1. The predicted molar refractivity (Wildman–Crippen MR) is 26.7 cm³/mol. The maximum absolute atomic E-state index is 12.5. The summed E-state index contributed by atoms with van der Waals surface area (Å²) in [5.41, 5.74) is 0. The molecule has 0 radical (unpaired) electrons. The Labute approximate surface area is 42.9 Å². The van der Waals surface area contributed by atoms with E-state index in [1.165, 1.54) is 0 Å². The molecule has 2 heteroatoms. The van der Waals surface area contributed by atoms with Crippen molar-refractivity contribution in [2.24, 2.45) is 0 Å². The summed E-state index contributed by atoms with van der Waals surface area (Å²) in [6.07, 6.45) is 2.43. The number of hydrogen-bond donors (Lipinski definition) is 1. The molecule has 1 fully saturated rings. The Morgan fingerprint density at radius 3 is 2.14 bits per heavy atom. The van der Waals surface area contributed by atoms with Crippen molar-refractivity contribution in [2.45, 2.75) is 25.1 Å². The maximum atomic E-state index is 12.5. The van der Waals surface area contributed by atoms with Crippen molar-refractivity contribution >= 4 is 0 Å². The molecule has 0 bridgehead atoms. The lowest BCUT2D eigenvalue weighted by Gasteiger charge is -2.32. The molecule has 42 valence electrons. The van der Waals surface area contributed by atoms with Crippen molar-refractivity contribution in [2.75, 3.05) is 7.05 Å². The van der Waals surface area contributed by atoms with Crippen LogP contribution in [0.3, 0.4) is 0 Å². The molecular weight excluding hydrogens is 93.1 g/mol. The molecule has 1 rings (SSSR count). The van der Waals surface area contributed by atoms with E-state index in [1.807, 2.05) is 0 Å². The van der Waals surface area contributed by atoms with Gasteiger partial charge in [-0.05, 0) is 26.3 Å². The molecule has 0 aromatic rings. The normalized spacial score (nSPS) is 26.6. The standard InChI is InChI=1S/C5H10FN/c1-7-5(6)3-2-4-5/h7H,2-4H2,1H3. The molecule has 0 spiro atoms. The first kappa shape index (κ1) is 5.04. The minimum atomic E-state index is -0.986. The maximum Gasteiger partial charge on any atom is 0.161 e. The zero-order valence-corrected chi connectivity index (χ0v) is 4.50. The quantitative estimate of drug-likeness (QED) is 0.489. The molecule has 1 N–H and O–H groups in total. The van der Waals surface area contributed by atoms with Gasteiger partial charge in [0.25, 0.3) is 0 Å². The number of rotatable bonds is 1. The van der Waals surface area contributed by atoms with Crippen molar-refractivity contribution in [3.8, 4) is 0 Å². The summed E-state index contributed by atoms with van der Waals surface area (Å²) >= 11 is 0. The highest BCUT2D eigenvalue weighted by Crippen LogP contribution is 2.31. The molecule has 0 heterocycles. The smallest absolute Gasteiger partial charge is 0.161 e. The molecule has 0 amide bonds. The molecule has 0 aromatic carbocycles. The van der Waals surface area contributed by atoms with Crippen molar-refractivity contribution in [1.82, 2.24) is 5.32 Å². The van der Waals surface area contributed by atoms with E-state index >= 15 is 0 Å². The molecule has 0 aromatic heterocycles. The van der Waals surface area contributed by atoms with Crippen LogP contribution in [0, 0.1) is 0 Å². The van der Waals surface area contributed by atoms with E-state index < -0.39 is 5.79 Å². The minimum Gasteiger partial charge on any atom is -0.288 e. The Hall–Kier alpha value is -0.110. The van der Waals surface area contributed by atoms with Crippen LogP contribution in [-0.2, 0) is 0 Å². The number of alkyl halides is 1. The summed E-state index contributed by atoms with van der Waals surface area (Å²) in [4.78, 5) is 0. The largest absolute Gasteiger partial charge is 0.288 e. The zero-order chi connectivity index (χ0) is 5.33. The van der Waals surface area contributed by atoms with Gasteiger partial charge in [0.15, 0.2) is 5.79 Å². The molecule has 0 unspecified atom stereocenters. The molecule has 0 atom stereocenters. The highest BCUT2D eigenvalue weighted by Gasteiger charge is 2.34. The van der Waals surface area contributed by atoms with Crippen LogP contribution in [0.25, 0.3) is 0 Å². The first-order chi connectivity index (χ1) is 3.27. The SMILES string of the molecule is CNC1(F)CCC1. The fourth-order valence-electron chi connectivity index (χ4n) is 0.737. The van der Waals surface area contributed by atoms with Gasteiger partial charge in [0.2, 0.25) is 0 Å². The summed E-state index contributed by atoms with van der Waals surface area (Å²) < 4.78 is 12.5. The first-order valence-electron chi connectivity index (χ1n) is 2.65. The van der Waals surface area contributed by atoms with Crippen molar-refractivity contribution in [1.29, 1.82) is 0 Å². The first-order valence-corrected chi connectivity index (χ1v) is 2.65. The van der Waals surface area contributed by atoms with Crippen LogP contribution in [0.2, 0.25) is 0 Å².